The fourth-order valence-electron chi connectivity index (χ4n) is 0.815. The third kappa shape index (κ3) is 2.97. The van der Waals surface area contributed by atoms with Crippen LogP contribution in [0.2, 0.25) is 0 Å². The number of carbonyl (C=O) groups excluding carboxylic acids is 1. The largest absolute Gasteiger partial charge is 0.462 e. The van der Waals surface area contributed by atoms with Crippen LogP contribution in [0.5, 0.6) is 0 Å². The van der Waals surface area contributed by atoms with Crippen LogP contribution in [-0.2, 0) is 4.74 Å². The number of nitrogens with one attached hydrogen (secondary N) is 1. The molecule has 1 aromatic rings. The zero-order chi connectivity index (χ0) is 10.4. The first-order chi connectivity index (χ1) is 6.77. The van der Waals surface area contributed by atoms with E-state index < -0.39 is 0 Å². The molecule has 0 atom stereocenters. The molecule has 0 bridgehead atoms. The van der Waals surface area contributed by atoms with Gasteiger partial charge >= 0.3 is 5.97 Å². The molecule has 14 heavy (non-hydrogen) atoms. The van der Waals surface area contributed by atoms with E-state index in [4.69, 9.17) is 9.84 Å². The summed E-state index contributed by atoms with van der Waals surface area (Å²) in [6.45, 7) is 2.57. The monoisotopic (exact) mass is 216 g/mol. The Kier molecular flexibility index (Phi) is 4.34. The van der Waals surface area contributed by atoms with Crippen LogP contribution in [0.1, 0.15) is 16.6 Å². The van der Waals surface area contributed by atoms with E-state index in [0.29, 0.717) is 23.2 Å². The van der Waals surface area contributed by atoms with Crippen molar-refractivity contribution >= 4 is 22.4 Å². The topological polar surface area (TPSA) is 71.5 Å². The molecule has 0 aliphatic carbocycles. The zero-order valence-electron chi connectivity index (χ0n) is 7.82. The van der Waals surface area contributed by atoms with Gasteiger partial charge in [0.25, 0.3) is 0 Å². The number of hydrogen-bond donors (Lipinski definition) is 2. The van der Waals surface area contributed by atoms with E-state index in [-0.39, 0.29) is 12.6 Å². The Morgan fingerprint density at radius 1 is 1.79 bits per heavy atom. The van der Waals surface area contributed by atoms with E-state index in [2.05, 4.69) is 10.3 Å². The summed E-state index contributed by atoms with van der Waals surface area (Å²) in [4.78, 5) is 15.6. The summed E-state index contributed by atoms with van der Waals surface area (Å²) in [6, 6.07) is 0. The highest BCUT2D eigenvalue weighted by atomic mass is 32.1. The van der Waals surface area contributed by atoms with Crippen LogP contribution in [0.4, 0.5) is 5.13 Å². The molecule has 0 spiro atoms. The Bertz CT molecular complexity index is 301. The van der Waals surface area contributed by atoms with Gasteiger partial charge in [-0.3, -0.25) is 0 Å². The van der Waals surface area contributed by atoms with E-state index in [1.807, 2.05) is 0 Å². The van der Waals surface area contributed by atoms with Crippen molar-refractivity contribution in [3.63, 3.8) is 0 Å². The highest BCUT2D eigenvalue weighted by Crippen LogP contribution is 2.18. The van der Waals surface area contributed by atoms with Crippen molar-refractivity contribution in [2.24, 2.45) is 0 Å². The molecule has 5 nitrogen and oxygen atoms in total. The van der Waals surface area contributed by atoms with Crippen molar-refractivity contribution in [1.82, 2.24) is 4.98 Å². The molecule has 0 aliphatic heterocycles. The fourth-order valence-corrected chi connectivity index (χ4v) is 1.55. The van der Waals surface area contributed by atoms with Crippen molar-refractivity contribution in [1.29, 1.82) is 0 Å². The summed E-state index contributed by atoms with van der Waals surface area (Å²) >= 11 is 1.21. The van der Waals surface area contributed by atoms with Crippen molar-refractivity contribution in [3.05, 3.63) is 11.1 Å². The molecular weight excluding hydrogens is 204 g/mol. The SMILES string of the molecule is CCOC(=O)c1cnc(NCCO)s1. The highest BCUT2D eigenvalue weighted by molar-refractivity contribution is 7.17. The van der Waals surface area contributed by atoms with Gasteiger partial charge in [-0.2, -0.15) is 0 Å². The number of thiazole rings is 1. The van der Waals surface area contributed by atoms with Crippen LogP contribution < -0.4 is 5.32 Å². The normalized spacial score (nSPS) is 9.86. The molecule has 2 N–H and O–H groups in total. The highest BCUT2D eigenvalue weighted by Gasteiger charge is 2.10. The third-order valence-electron chi connectivity index (χ3n) is 1.37. The predicted molar refractivity (Wildman–Crippen MR) is 53.6 cm³/mol. The molecule has 0 aromatic carbocycles. The van der Waals surface area contributed by atoms with Crippen LogP contribution in [0.15, 0.2) is 6.20 Å². The maximum atomic E-state index is 11.2. The van der Waals surface area contributed by atoms with Crippen molar-refractivity contribution in [3.8, 4) is 0 Å². The maximum Gasteiger partial charge on any atom is 0.350 e. The van der Waals surface area contributed by atoms with Gasteiger partial charge in [-0.1, -0.05) is 11.3 Å². The van der Waals surface area contributed by atoms with Crippen LogP contribution in [0.3, 0.4) is 0 Å². The molecule has 0 saturated carbocycles. The molecular formula is C8H12N2O3S. The van der Waals surface area contributed by atoms with E-state index in [1.54, 1.807) is 6.92 Å². The molecule has 0 aliphatic rings. The second-order valence-corrected chi connectivity index (χ2v) is 3.43. The van der Waals surface area contributed by atoms with Crippen LogP contribution in [0, 0.1) is 0 Å². The number of aliphatic hydroxyl groups excluding tert-OH is 1. The lowest BCUT2D eigenvalue weighted by Crippen LogP contribution is -2.04. The Balaban J connectivity index is 2.54. The number of nitrogens with zero attached hydrogens (tertiary/aromatic N) is 1. The Morgan fingerprint density at radius 3 is 3.21 bits per heavy atom. The van der Waals surface area contributed by atoms with Crippen LogP contribution in [0.25, 0.3) is 0 Å². The standard InChI is InChI=1S/C8H12N2O3S/c1-2-13-7(12)6-5-10-8(14-6)9-3-4-11/h5,11H,2-4H2,1H3,(H,9,10). The van der Waals surface area contributed by atoms with Gasteiger partial charge in [0, 0.05) is 6.54 Å². The smallest absolute Gasteiger partial charge is 0.350 e. The van der Waals surface area contributed by atoms with E-state index in [9.17, 15) is 4.79 Å². The summed E-state index contributed by atoms with van der Waals surface area (Å²) in [5, 5.41) is 12.0. The summed E-state index contributed by atoms with van der Waals surface area (Å²) < 4.78 is 4.80. The number of aliphatic hydroxyl groups is 1. The van der Waals surface area contributed by atoms with Crippen LogP contribution in [-0.4, -0.2) is 35.8 Å². The van der Waals surface area contributed by atoms with Gasteiger partial charge in [-0.05, 0) is 6.92 Å². The molecule has 1 rings (SSSR count). The van der Waals surface area contributed by atoms with Gasteiger partial charge < -0.3 is 15.2 Å². The number of aromatic nitrogens is 1. The van der Waals surface area contributed by atoms with Crippen molar-refractivity contribution < 1.29 is 14.6 Å². The lowest BCUT2D eigenvalue weighted by molar-refractivity contribution is 0.0532. The summed E-state index contributed by atoms with van der Waals surface area (Å²) in [5.74, 6) is -0.359. The van der Waals surface area contributed by atoms with Gasteiger partial charge in [-0.25, -0.2) is 9.78 Å². The number of ether oxygens (including phenoxy) is 1. The van der Waals surface area contributed by atoms with Gasteiger partial charge in [0.05, 0.1) is 19.4 Å². The summed E-state index contributed by atoms with van der Waals surface area (Å²) in [6.07, 6.45) is 1.46. The molecule has 0 unspecified atom stereocenters. The zero-order valence-corrected chi connectivity index (χ0v) is 8.63. The number of hydrogen-bond acceptors (Lipinski definition) is 6. The second kappa shape index (κ2) is 5.56. The first-order valence-corrected chi connectivity index (χ1v) is 5.07. The Labute approximate surface area is 85.7 Å². The number of anilines is 1. The van der Waals surface area contributed by atoms with E-state index in [1.165, 1.54) is 17.5 Å². The van der Waals surface area contributed by atoms with Crippen LogP contribution >= 0.6 is 11.3 Å². The predicted octanol–water partition coefficient (Wildman–Crippen LogP) is 0.724. The lowest BCUT2D eigenvalue weighted by Gasteiger charge is -1.97. The van der Waals surface area contributed by atoms with Crippen molar-refractivity contribution in [2.45, 2.75) is 6.92 Å². The minimum atomic E-state index is -0.359. The van der Waals surface area contributed by atoms with Crippen molar-refractivity contribution in [2.75, 3.05) is 25.1 Å². The lowest BCUT2D eigenvalue weighted by atomic mass is 10.6. The molecule has 0 saturated heterocycles. The Morgan fingerprint density at radius 2 is 2.57 bits per heavy atom. The van der Waals surface area contributed by atoms with E-state index in [0.717, 1.165) is 0 Å². The Hall–Kier alpha value is -1.14. The molecule has 78 valence electrons. The van der Waals surface area contributed by atoms with Gasteiger partial charge in [0.15, 0.2) is 5.13 Å². The average Bonchev–Trinajstić information content (AvgIpc) is 2.63. The van der Waals surface area contributed by atoms with E-state index >= 15 is 0 Å². The molecule has 6 heteroatoms. The molecule has 1 heterocycles. The maximum absolute atomic E-state index is 11.2. The number of rotatable bonds is 5. The second-order valence-electron chi connectivity index (χ2n) is 2.40. The molecule has 1 aromatic heterocycles. The van der Waals surface area contributed by atoms with Gasteiger partial charge in [0.2, 0.25) is 0 Å². The first kappa shape index (κ1) is 10.9. The molecule has 0 radical (unpaired) electrons. The minimum Gasteiger partial charge on any atom is -0.462 e. The summed E-state index contributed by atoms with van der Waals surface area (Å²) in [7, 11) is 0. The quantitative estimate of drug-likeness (QED) is 0.710. The number of carbonyl (C=O) groups is 1. The minimum absolute atomic E-state index is 0.0360. The third-order valence-corrected chi connectivity index (χ3v) is 2.31. The average molecular weight is 216 g/mol. The molecule has 0 amide bonds. The summed E-state index contributed by atoms with van der Waals surface area (Å²) in [5.41, 5.74) is 0. The van der Waals surface area contributed by atoms with Gasteiger partial charge in [-0.15, -0.1) is 0 Å². The number of esters is 1. The van der Waals surface area contributed by atoms with Gasteiger partial charge in [0.1, 0.15) is 4.88 Å². The molecule has 0 fully saturated rings. The first-order valence-electron chi connectivity index (χ1n) is 4.25. The fraction of sp³-hybridized carbons (Fsp3) is 0.500.